The third kappa shape index (κ3) is 4.46. The first-order valence-corrected chi connectivity index (χ1v) is 8.05. The van der Waals surface area contributed by atoms with E-state index in [1.54, 1.807) is 6.07 Å². The van der Waals surface area contributed by atoms with Gasteiger partial charge in [-0.2, -0.15) is 8.78 Å². The Kier molecular flexibility index (Phi) is 5.42. The zero-order valence-corrected chi connectivity index (χ0v) is 12.9. The number of nitro groups is 1. The van der Waals surface area contributed by atoms with Crippen LogP contribution in [-0.2, 0) is 16.6 Å². The Balaban J connectivity index is 2.14. The minimum Gasteiger partial charge on any atom is -0.434 e. The van der Waals surface area contributed by atoms with Crippen molar-refractivity contribution < 1.29 is 26.9 Å². The lowest BCUT2D eigenvalue weighted by Gasteiger charge is -2.11. The van der Waals surface area contributed by atoms with Crippen molar-refractivity contribution in [1.82, 2.24) is 4.72 Å². The van der Waals surface area contributed by atoms with Gasteiger partial charge in [0.15, 0.2) is 0 Å². The van der Waals surface area contributed by atoms with Gasteiger partial charge < -0.3 is 4.74 Å². The third-order valence-electron chi connectivity index (χ3n) is 3.00. The van der Waals surface area contributed by atoms with Gasteiger partial charge in [0, 0.05) is 24.2 Å². The molecule has 0 fully saturated rings. The second-order valence-corrected chi connectivity index (χ2v) is 6.33. The lowest BCUT2D eigenvalue weighted by Crippen LogP contribution is -2.23. The smallest absolute Gasteiger partial charge is 0.387 e. The molecule has 0 radical (unpaired) electrons. The molecule has 0 heterocycles. The summed E-state index contributed by atoms with van der Waals surface area (Å²) in [7, 11) is -3.96. The molecule has 1 N–H and O–H groups in total. The minimum atomic E-state index is -3.96. The van der Waals surface area contributed by atoms with Crippen molar-refractivity contribution in [2.45, 2.75) is 18.1 Å². The van der Waals surface area contributed by atoms with Crippen LogP contribution < -0.4 is 9.46 Å². The van der Waals surface area contributed by atoms with Crippen LogP contribution in [0.4, 0.5) is 14.5 Å². The number of sulfonamides is 1. The normalized spacial score (nSPS) is 11.5. The van der Waals surface area contributed by atoms with Crippen molar-refractivity contribution in [3.63, 3.8) is 0 Å². The number of alkyl halides is 2. The third-order valence-corrected chi connectivity index (χ3v) is 4.42. The fraction of sp³-hybridized carbons (Fsp3) is 0.143. The Morgan fingerprint density at radius 1 is 1.12 bits per heavy atom. The standard InChI is InChI=1S/C14H12F2N2O5S/c15-14(16)23-13-4-2-1-3-10(13)9-17-24(21,22)12-7-5-11(6-8-12)18(19)20/h1-8,14,17H,9H2. The van der Waals surface area contributed by atoms with Crippen molar-refractivity contribution in [3.05, 3.63) is 64.2 Å². The van der Waals surface area contributed by atoms with Crippen LogP contribution in [0.2, 0.25) is 0 Å². The maximum absolute atomic E-state index is 12.3. The molecule has 2 aromatic carbocycles. The van der Waals surface area contributed by atoms with E-state index in [4.69, 9.17) is 0 Å². The Morgan fingerprint density at radius 3 is 2.33 bits per heavy atom. The topological polar surface area (TPSA) is 98.5 Å². The van der Waals surface area contributed by atoms with Crippen LogP contribution in [-0.4, -0.2) is 20.0 Å². The number of ether oxygens (including phenoxy) is 1. The van der Waals surface area contributed by atoms with Crippen LogP contribution >= 0.6 is 0 Å². The average Bonchev–Trinajstić information content (AvgIpc) is 2.53. The van der Waals surface area contributed by atoms with E-state index in [1.165, 1.54) is 18.2 Å². The molecular formula is C14H12F2N2O5S. The van der Waals surface area contributed by atoms with E-state index in [-0.39, 0.29) is 28.4 Å². The lowest BCUT2D eigenvalue weighted by atomic mass is 10.2. The van der Waals surface area contributed by atoms with E-state index in [9.17, 15) is 27.3 Å². The van der Waals surface area contributed by atoms with Crippen molar-refractivity contribution in [1.29, 1.82) is 0 Å². The maximum Gasteiger partial charge on any atom is 0.387 e. The summed E-state index contributed by atoms with van der Waals surface area (Å²) in [5.74, 6) is -0.140. The van der Waals surface area contributed by atoms with Crippen LogP contribution in [0.3, 0.4) is 0 Å². The monoisotopic (exact) mass is 358 g/mol. The number of nitro benzene ring substituents is 1. The van der Waals surface area contributed by atoms with Crippen molar-refractivity contribution in [2.75, 3.05) is 0 Å². The first-order valence-electron chi connectivity index (χ1n) is 6.56. The van der Waals surface area contributed by atoms with Gasteiger partial charge in [-0.1, -0.05) is 18.2 Å². The number of rotatable bonds is 7. The molecule has 0 saturated heterocycles. The Morgan fingerprint density at radius 2 is 1.75 bits per heavy atom. The van der Waals surface area contributed by atoms with Crippen LogP contribution in [0.5, 0.6) is 5.75 Å². The van der Waals surface area contributed by atoms with E-state index in [0.717, 1.165) is 24.3 Å². The van der Waals surface area contributed by atoms with Gasteiger partial charge in [0.05, 0.1) is 9.82 Å². The molecule has 24 heavy (non-hydrogen) atoms. The molecular weight excluding hydrogens is 346 g/mol. The highest BCUT2D eigenvalue weighted by atomic mass is 32.2. The second-order valence-electron chi connectivity index (χ2n) is 4.56. The summed E-state index contributed by atoms with van der Waals surface area (Å²) in [6, 6.07) is 10.0. The van der Waals surface area contributed by atoms with Gasteiger partial charge in [-0.05, 0) is 18.2 Å². The van der Waals surface area contributed by atoms with Gasteiger partial charge in [0.1, 0.15) is 5.75 Å². The summed E-state index contributed by atoms with van der Waals surface area (Å²) in [6.07, 6.45) is 0. The number of para-hydroxylation sites is 1. The van der Waals surface area contributed by atoms with Gasteiger partial charge in [-0.3, -0.25) is 10.1 Å². The zero-order chi connectivity index (χ0) is 17.7. The number of hydrogen-bond acceptors (Lipinski definition) is 5. The molecule has 0 aliphatic carbocycles. The summed E-state index contributed by atoms with van der Waals surface area (Å²) < 4.78 is 55.5. The summed E-state index contributed by atoms with van der Waals surface area (Å²) in [6.45, 7) is -3.31. The molecule has 0 unspecified atom stereocenters. The lowest BCUT2D eigenvalue weighted by molar-refractivity contribution is -0.384. The molecule has 0 aliphatic heterocycles. The largest absolute Gasteiger partial charge is 0.434 e. The number of nitrogens with one attached hydrogen (secondary N) is 1. The molecule has 10 heteroatoms. The number of nitrogens with zero attached hydrogens (tertiary/aromatic N) is 1. The molecule has 0 spiro atoms. The van der Waals surface area contributed by atoms with E-state index in [1.807, 2.05) is 0 Å². The second kappa shape index (κ2) is 7.32. The van der Waals surface area contributed by atoms with Crippen LogP contribution in [0.15, 0.2) is 53.4 Å². The quantitative estimate of drug-likeness (QED) is 0.606. The van der Waals surface area contributed by atoms with Gasteiger partial charge in [0.2, 0.25) is 10.0 Å². The first kappa shape index (κ1) is 17.8. The molecule has 0 aromatic heterocycles. The van der Waals surface area contributed by atoms with Crippen LogP contribution in [0, 0.1) is 10.1 Å². The number of hydrogen-bond donors (Lipinski definition) is 1. The van der Waals surface area contributed by atoms with Crippen LogP contribution in [0.25, 0.3) is 0 Å². The predicted molar refractivity (Wildman–Crippen MR) is 80.2 cm³/mol. The Labute approximate surface area is 136 Å². The molecule has 0 amide bonds. The molecule has 7 nitrogen and oxygen atoms in total. The summed E-state index contributed by atoms with van der Waals surface area (Å²) in [5, 5.41) is 10.6. The highest BCUT2D eigenvalue weighted by molar-refractivity contribution is 7.89. The van der Waals surface area contributed by atoms with Gasteiger partial charge in [-0.15, -0.1) is 0 Å². The molecule has 128 valence electrons. The molecule has 2 aromatic rings. The van der Waals surface area contributed by atoms with E-state index in [0.29, 0.717) is 0 Å². The number of non-ortho nitro benzene ring substituents is 1. The van der Waals surface area contributed by atoms with Gasteiger partial charge in [0.25, 0.3) is 5.69 Å². The Bertz CT molecular complexity index is 825. The fourth-order valence-electron chi connectivity index (χ4n) is 1.86. The zero-order valence-electron chi connectivity index (χ0n) is 12.1. The number of benzene rings is 2. The summed E-state index contributed by atoms with van der Waals surface area (Å²) in [4.78, 5) is 9.73. The molecule has 0 bridgehead atoms. The van der Waals surface area contributed by atoms with E-state index in [2.05, 4.69) is 9.46 Å². The summed E-state index contributed by atoms with van der Waals surface area (Å²) in [5.41, 5.74) is -0.0204. The minimum absolute atomic E-state index is 0.140. The highest BCUT2D eigenvalue weighted by Crippen LogP contribution is 2.21. The summed E-state index contributed by atoms with van der Waals surface area (Å²) >= 11 is 0. The SMILES string of the molecule is O=[N+]([O-])c1ccc(S(=O)(=O)NCc2ccccc2OC(F)F)cc1. The first-order chi connectivity index (χ1) is 11.3. The maximum atomic E-state index is 12.3. The predicted octanol–water partition coefficient (Wildman–Crippen LogP) is 2.67. The average molecular weight is 358 g/mol. The Hall–Kier alpha value is -2.59. The number of halogens is 2. The van der Waals surface area contributed by atoms with Gasteiger partial charge in [-0.25, -0.2) is 13.1 Å². The van der Waals surface area contributed by atoms with E-state index >= 15 is 0 Å². The van der Waals surface area contributed by atoms with Crippen molar-refractivity contribution in [2.24, 2.45) is 0 Å². The fourth-order valence-corrected chi connectivity index (χ4v) is 2.87. The van der Waals surface area contributed by atoms with Gasteiger partial charge >= 0.3 is 6.61 Å². The molecule has 2 rings (SSSR count). The molecule has 0 saturated carbocycles. The van der Waals surface area contributed by atoms with Crippen molar-refractivity contribution >= 4 is 15.7 Å². The van der Waals surface area contributed by atoms with E-state index < -0.39 is 21.6 Å². The molecule has 0 aliphatic rings. The van der Waals surface area contributed by atoms with Crippen LogP contribution in [0.1, 0.15) is 5.56 Å². The molecule has 0 atom stereocenters. The van der Waals surface area contributed by atoms with Crippen molar-refractivity contribution in [3.8, 4) is 5.75 Å². The highest BCUT2D eigenvalue weighted by Gasteiger charge is 2.17.